The SMILES string of the molecule is CC(C)(C)c1ccc(-c2nc(CN3CCN(C([C@@H](O)COc4ccccc4F)N4CCNCC4)CC3)no2)cc1. The van der Waals surface area contributed by atoms with Gasteiger partial charge in [-0.2, -0.15) is 4.98 Å². The average Bonchev–Trinajstić information content (AvgIpc) is 3.42. The highest BCUT2D eigenvalue weighted by molar-refractivity contribution is 5.53. The Bertz CT molecular complexity index is 1220. The summed E-state index contributed by atoms with van der Waals surface area (Å²) in [6.45, 7) is 13.8. The van der Waals surface area contributed by atoms with Crippen LogP contribution in [-0.2, 0) is 12.0 Å². The van der Waals surface area contributed by atoms with E-state index in [0.29, 0.717) is 18.3 Å². The first-order valence-electron chi connectivity index (χ1n) is 14.2. The van der Waals surface area contributed by atoms with E-state index in [1.54, 1.807) is 18.2 Å². The van der Waals surface area contributed by atoms with Gasteiger partial charge in [0.25, 0.3) is 5.89 Å². The minimum absolute atomic E-state index is 0.0259. The molecule has 2 atom stereocenters. The van der Waals surface area contributed by atoms with Gasteiger partial charge in [0, 0.05) is 57.9 Å². The molecular weight excluding hydrogens is 511 g/mol. The third-order valence-corrected chi connectivity index (χ3v) is 7.73. The van der Waals surface area contributed by atoms with E-state index in [2.05, 4.69) is 63.1 Å². The molecule has 3 heterocycles. The van der Waals surface area contributed by atoms with Crippen molar-refractivity contribution in [3.8, 4) is 17.2 Å². The van der Waals surface area contributed by atoms with Crippen LogP contribution in [0, 0.1) is 5.82 Å². The maximum absolute atomic E-state index is 14.1. The zero-order valence-corrected chi connectivity index (χ0v) is 23.7. The molecular formula is C30H41FN6O3. The lowest BCUT2D eigenvalue weighted by atomic mass is 9.87. The molecule has 9 nitrogen and oxygen atoms in total. The standard InChI is InChI=1S/C30H41FN6O3/c1-30(2,3)23-10-8-22(9-11-23)28-33-27(34-40-28)20-35-16-18-37(19-17-35)29(36-14-12-32-13-15-36)25(38)21-39-26-7-5-4-6-24(26)31/h4-11,25,29,32,38H,12-21H2,1-3H3/t25-,29?/m0/s1. The molecule has 0 aliphatic carbocycles. The molecule has 5 rings (SSSR count). The fourth-order valence-electron chi connectivity index (χ4n) is 5.42. The Morgan fingerprint density at radius 3 is 2.33 bits per heavy atom. The summed E-state index contributed by atoms with van der Waals surface area (Å²) >= 11 is 0. The Labute approximate surface area is 235 Å². The van der Waals surface area contributed by atoms with Gasteiger partial charge in [0.15, 0.2) is 17.4 Å². The van der Waals surface area contributed by atoms with E-state index in [-0.39, 0.29) is 23.9 Å². The van der Waals surface area contributed by atoms with Crippen LogP contribution in [0.15, 0.2) is 53.1 Å². The fourth-order valence-corrected chi connectivity index (χ4v) is 5.42. The molecule has 2 aliphatic rings. The van der Waals surface area contributed by atoms with Crippen molar-refractivity contribution >= 4 is 0 Å². The van der Waals surface area contributed by atoms with Crippen LogP contribution in [0.25, 0.3) is 11.5 Å². The lowest BCUT2D eigenvalue weighted by molar-refractivity contribution is -0.0811. The molecule has 10 heteroatoms. The molecule has 2 aliphatic heterocycles. The van der Waals surface area contributed by atoms with Crippen LogP contribution in [0.1, 0.15) is 32.2 Å². The molecule has 0 radical (unpaired) electrons. The van der Waals surface area contributed by atoms with Gasteiger partial charge in [0.05, 0.1) is 12.7 Å². The topological polar surface area (TPSA) is 90.1 Å². The first-order valence-corrected chi connectivity index (χ1v) is 14.2. The quantitative estimate of drug-likeness (QED) is 0.416. The van der Waals surface area contributed by atoms with Gasteiger partial charge in [0.1, 0.15) is 12.7 Å². The summed E-state index contributed by atoms with van der Waals surface area (Å²) in [6, 6.07) is 14.6. The average molecular weight is 553 g/mol. The fraction of sp³-hybridized carbons (Fsp3) is 0.533. The Kier molecular flexibility index (Phi) is 9.12. The third kappa shape index (κ3) is 7.05. The highest BCUT2D eigenvalue weighted by atomic mass is 19.1. The zero-order valence-electron chi connectivity index (χ0n) is 23.7. The van der Waals surface area contributed by atoms with E-state index < -0.39 is 11.9 Å². The van der Waals surface area contributed by atoms with Gasteiger partial charge in [-0.25, -0.2) is 4.39 Å². The van der Waals surface area contributed by atoms with Crippen molar-refractivity contribution in [2.75, 3.05) is 59.0 Å². The van der Waals surface area contributed by atoms with E-state index in [0.717, 1.165) is 57.9 Å². The highest BCUT2D eigenvalue weighted by Gasteiger charge is 2.35. The number of halogens is 1. The number of nitrogens with zero attached hydrogens (tertiary/aromatic N) is 5. The molecule has 0 amide bonds. The van der Waals surface area contributed by atoms with E-state index in [4.69, 9.17) is 9.26 Å². The molecule has 1 unspecified atom stereocenters. The lowest BCUT2D eigenvalue weighted by Gasteiger charge is -2.46. The van der Waals surface area contributed by atoms with Crippen molar-refractivity contribution < 1.29 is 18.8 Å². The largest absolute Gasteiger partial charge is 0.488 e. The second-order valence-electron chi connectivity index (χ2n) is 11.7. The van der Waals surface area contributed by atoms with Crippen molar-refractivity contribution in [1.82, 2.24) is 30.2 Å². The normalized spacial score (nSPS) is 19.4. The second kappa shape index (κ2) is 12.7. The number of aromatic nitrogens is 2. The summed E-state index contributed by atoms with van der Waals surface area (Å²) in [5, 5.41) is 18.9. The van der Waals surface area contributed by atoms with E-state index >= 15 is 0 Å². The van der Waals surface area contributed by atoms with Crippen LogP contribution in [0.2, 0.25) is 0 Å². The van der Waals surface area contributed by atoms with Crippen molar-refractivity contribution in [2.24, 2.45) is 0 Å². The predicted octanol–water partition coefficient (Wildman–Crippen LogP) is 2.96. The summed E-state index contributed by atoms with van der Waals surface area (Å²) in [6.07, 6.45) is -0.988. The molecule has 0 bridgehead atoms. The van der Waals surface area contributed by atoms with Gasteiger partial charge < -0.3 is 19.7 Å². The molecule has 1 aromatic heterocycles. The van der Waals surface area contributed by atoms with Crippen LogP contribution in [0.4, 0.5) is 4.39 Å². The second-order valence-corrected chi connectivity index (χ2v) is 11.7. The minimum Gasteiger partial charge on any atom is -0.488 e. The minimum atomic E-state index is -0.784. The molecule has 0 spiro atoms. The Hall–Kier alpha value is -2.89. The van der Waals surface area contributed by atoms with E-state index in [1.165, 1.54) is 11.6 Å². The Balaban J connectivity index is 1.18. The molecule has 3 aromatic rings. The van der Waals surface area contributed by atoms with Crippen molar-refractivity contribution in [2.45, 2.75) is 45.0 Å². The van der Waals surface area contributed by atoms with Crippen molar-refractivity contribution in [1.29, 1.82) is 0 Å². The Morgan fingerprint density at radius 2 is 1.65 bits per heavy atom. The molecule has 216 valence electrons. The zero-order chi connectivity index (χ0) is 28.1. The Morgan fingerprint density at radius 1 is 0.975 bits per heavy atom. The molecule has 2 N–H and O–H groups in total. The van der Waals surface area contributed by atoms with Crippen LogP contribution in [0.5, 0.6) is 5.75 Å². The summed E-state index contributed by atoms with van der Waals surface area (Å²) in [5.74, 6) is 0.940. The van der Waals surface area contributed by atoms with Crippen LogP contribution in [-0.4, -0.2) is 101 Å². The maximum Gasteiger partial charge on any atom is 0.257 e. The van der Waals surface area contributed by atoms with Gasteiger partial charge in [-0.05, 0) is 35.2 Å². The van der Waals surface area contributed by atoms with Gasteiger partial charge in [-0.15, -0.1) is 0 Å². The highest BCUT2D eigenvalue weighted by Crippen LogP contribution is 2.26. The van der Waals surface area contributed by atoms with Crippen molar-refractivity contribution in [3.63, 3.8) is 0 Å². The number of piperazine rings is 2. The van der Waals surface area contributed by atoms with Gasteiger partial charge in [-0.1, -0.05) is 50.2 Å². The maximum atomic E-state index is 14.1. The van der Waals surface area contributed by atoms with Crippen LogP contribution in [0.3, 0.4) is 0 Å². The van der Waals surface area contributed by atoms with Gasteiger partial charge in [0.2, 0.25) is 0 Å². The number of aliphatic hydroxyl groups excluding tert-OH is 1. The molecule has 2 fully saturated rings. The number of para-hydroxylation sites is 1. The smallest absolute Gasteiger partial charge is 0.257 e. The monoisotopic (exact) mass is 552 g/mol. The number of nitrogens with one attached hydrogen (secondary N) is 1. The molecule has 40 heavy (non-hydrogen) atoms. The number of benzene rings is 2. The number of aliphatic hydroxyl groups is 1. The summed E-state index contributed by atoms with van der Waals surface area (Å²) in [4.78, 5) is 11.6. The lowest BCUT2D eigenvalue weighted by Crippen LogP contribution is -2.63. The summed E-state index contributed by atoms with van der Waals surface area (Å²) in [5.41, 5.74) is 2.27. The van der Waals surface area contributed by atoms with Crippen LogP contribution < -0.4 is 10.1 Å². The number of hydrogen-bond acceptors (Lipinski definition) is 9. The molecule has 2 aromatic carbocycles. The summed E-state index contributed by atoms with van der Waals surface area (Å²) in [7, 11) is 0. The molecule has 2 saturated heterocycles. The van der Waals surface area contributed by atoms with Gasteiger partial charge >= 0.3 is 0 Å². The first-order chi connectivity index (χ1) is 19.3. The van der Waals surface area contributed by atoms with Gasteiger partial charge in [-0.3, -0.25) is 14.7 Å². The first kappa shape index (κ1) is 28.6. The number of hydrogen-bond donors (Lipinski definition) is 2. The molecule has 0 saturated carbocycles. The third-order valence-electron chi connectivity index (χ3n) is 7.73. The van der Waals surface area contributed by atoms with Crippen LogP contribution >= 0.6 is 0 Å². The number of rotatable bonds is 9. The van der Waals surface area contributed by atoms with Crippen molar-refractivity contribution in [3.05, 3.63) is 65.7 Å². The summed E-state index contributed by atoms with van der Waals surface area (Å²) < 4.78 is 25.3. The predicted molar refractivity (Wildman–Crippen MR) is 151 cm³/mol. The number of ether oxygens (including phenoxy) is 1. The van der Waals surface area contributed by atoms with E-state index in [9.17, 15) is 9.50 Å². The van der Waals surface area contributed by atoms with E-state index in [1.807, 2.05) is 12.1 Å².